The first-order valence-corrected chi connectivity index (χ1v) is 10.2. The van der Waals surface area contributed by atoms with Crippen molar-refractivity contribution in [2.45, 2.75) is 39.8 Å². The fraction of sp³-hybridized carbons (Fsp3) is 0.400. The summed E-state index contributed by atoms with van der Waals surface area (Å²) in [7, 11) is 0. The number of esters is 1. The molecule has 2 rings (SSSR count). The van der Waals surface area contributed by atoms with Crippen LogP contribution < -0.4 is 15.4 Å². The lowest BCUT2D eigenvalue weighted by molar-refractivity contribution is -0.130. The number of aryl methyl sites for hydroxylation is 1. The third-order valence-electron chi connectivity index (χ3n) is 3.80. The van der Waals surface area contributed by atoms with Crippen LogP contribution >= 0.6 is 11.3 Å². The third kappa shape index (κ3) is 7.19. The summed E-state index contributed by atoms with van der Waals surface area (Å²) in [5.74, 6) is -1.19. The molecule has 8 nitrogen and oxygen atoms in total. The number of amides is 2. The van der Waals surface area contributed by atoms with Gasteiger partial charge in [0, 0.05) is 11.9 Å². The number of carbonyl (C=O) groups is 3. The van der Waals surface area contributed by atoms with Gasteiger partial charge in [0.2, 0.25) is 5.91 Å². The Morgan fingerprint density at radius 3 is 2.69 bits per heavy atom. The van der Waals surface area contributed by atoms with Crippen LogP contribution in [0.4, 0.5) is 0 Å². The Hall–Kier alpha value is -2.94. The van der Waals surface area contributed by atoms with Crippen LogP contribution in [0.1, 0.15) is 41.3 Å². The second-order valence-electron chi connectivity index (χ2n) is 6.30. The van der Waals surface area contributed by atoms with E-state index in [-0.39, 0.29) is 18.1 Å². The van der Waals surface area contributed by atoms with E-state index in [1.54, 1.807) is 31.2 Å². The first-order chi connectivity index (χ1) is 13.9. The van der Waals surface area contributed by atoms with Crippen LogP contribution in [0.2, 0.25) is 0 Å². The highest BCUT2D eigenvalue weighted by Crippen LogP contribution is 2.20. The first kappa shape index (κ1) is 22.4. The second kappa shape index (κ2) is 11.2. The van der Waals surface area contributed by atoms with Gasteiger partial charge in [-0.05, 0) is 32.4 Å². The number of nitrogens with one attached hydrogen (secondary N) is 2. The molecule has 156 valence electrons. The maximum atomic E-state index is 12.4. The highest BCUT2D eigenvalue weighted by atomic mass is 32.1. The van der Waals surface area contributed by atoms with E-state index in [0.717, 1.165) is 17.1 Å². The van der Waals surface area contributed by atoms with Gasteiger partial charge >= 0.3 is 5.97 Å². The maximum Gasteiger partial charge on any atom is 0.342 e. The number of hydrogen-bond donors (Lipinski definition) is 2. The summed E-state index contributed by atoms with van der Waals surface area (Å²) in [6.45, 7) is 5.66. The average molecular weight is 420 g/mol. The molecule has 9 heteroatoms. The van der Waals surface area contributed by atoms with E-state index in [1.165, 1.54) is 11.3 Å². The lowest BCUT2D eigenvalue weighted by Crippen LogP contribution is -2.46. The highest BCUT2D eigenvalue weighted by molar-refractivity contribution is 7.09. The monoisotopic (exact) mass is 419 g/mol. The number of rotatable bonds is 10. The minimum Gasteiger partial charge on any atom is -0.486 e. The molecule has 1 aromatic carbocycles. The molecule has 0 unspecified atom stereocenters. The fourth-order valence-electron chi connectivity index (χ4n) is 2.35. The Labute approximate surface area is 173 Å². The quantitative estimate of drug-likeness (QED) is 0.572. The number of para-hydroxylation sites is 1. The van der Waals surface area contributed by atoms with Gasteiger partial charge in [0.15, 0.2) is 6.61 Å². The smallest absolute Gasteiger partial charge is 0.342 e. The summed E-state index contributed by atoms with van der Waals surface area (Å²) < 4.78 is 10.8. The molecule has 2 N–H and O–H groups in total. The summed E-state index contributed by atoms with van der Waals surface area (Å²) >= 11 is 1.52. The van der Waals surface area contributed by atoms with E-state index >= 15 is 0 Å². The predicted molar refractivity (Wildman–Crippen MR) is 109 cm³/mol. The summed E-state index contributed by atoms with van der Waals surface area (Å²) in [5.41, 5.74) is 0.978. The van der Waals surface area contributed by atoms with Crippen LogP contribution in [-0.4, -0.2) is 42.0 Å². The molecular formula is C20H25N3O5S. The van der Waals surface area contributed by atoms with Crippen molar-refractivity contribution in [3.05, 3.63) is 45.9 Å². The Bertz CT molecular complexity index is 852. The number of ether oxygens (including phenoxy) is 2. The largest absolute Gasteiger partial charge is 0.486 e. The van der Waals surface area contributed by atoms with Gasteiger partial charge in [0.1, 0.15) is 24.0 Å². The SMILES string of the molecule is CCCNC(=O)[C@H](C)NC(=O)COC(=O)c1ccccc1OCc1csc(C)n1. The summed E-state index contributed by atoms with van der Waals surface area (Å²) in [5, 5.41) is 7.99. The molecule has 1 aromatic heterocycles. The van der Waals surface area contributed by atoms with Gasteiger partial charge in [-0.2, -0.15) is 0 Å². The summed E-state index contributed by atoms with van der Waals surface area (Å²) in [4.78, 5) is 40.4. The van der Waals surface area contributed by atoms with Crippen molar-refractivity contribution in [3.8, 4) is 5.75 Å². The molecule has 0 saturated heterocycles. The van der Waals surface area contributed by atoms with Crippen LogP contribution in [0, 0.1) is 6.92 Å². The van der Waals surface area contributed by atoms with Crippen molar-refractivity contribution in [2.75, 3.05) is 13.2 Å². The van der Waals surface area contributed by atoms with Gasteiger partial charge in [-0.1, -0.05) is 19.1 Å². The molecule has 0 bridgehead atoms. The van der Waals surface area contributed by atoms with Crippen LogP contribution in [0.25, 0.3) is 0 Å². The van der Waals surface area contributed by atoms with Gasteiger partial charge in [0.05, 0.1) is 10.7 Å². The van der Waals surface area contributed by atoms with Gasteiger partial charge in [0.25, 0.3) is 5.91 Å². The van der Waals surface area contributed by atoms with Crippen molar-refractivity contribution < 1.29 is 23.9 Å². The van der Waals surface area contributed by atoms with Crippen LogP contribution in [-0.2, 0) is 20.9 Å². The maximum absolute atomic E-state index is 12.4. The number of aromatic nitrogens is 1. The number of thiazole rings is 1. The minimum atomic E-state index is -0.718. The van der Waals surface area contributed by atoms with E-state index in [9.17, 15) is 14.4 Å². The van der Waals surface area contributed by atoms with E-state index < -0.39 is 24.5 Å². The number of hydrogen-bond acceptors (Lipinski definition) is 7. The van der Waals surface area contributed by atoms with Gasteiger partial charge in [-0.3, -0.25) is 9.59 Å². The standard InChI is InChI=1S/C20H25N3O5S/c1-4-9-21-19(25)13(2)22-18(24)11-28-20(26)16-7-5-6-8-17(16)27-10-15-12-29-14(3)23-15/h5-8,12-13H,4,9-11H2,1-3H3,(H,21,25)(H,22,24)/t13-/m0/s1. The third-order valence-corrected chi connectivity index (χ3v) is 4.63. The molecule has 2 amide bonds. The van der Waals surface area contributed by atoms with Crippen molar-refractivity contribution >= 4 is 29.1 Å². The minimum absolute atomic E-state index is 0.209. The van der Waals surface area contributed by atoms with Crippen molar-refractivity contribution in [2.24, 2.45) is 0 Å². The van der Waals surface area contributed by atoms with Crippen LogP contribution in [0.5, 0.6) is 5.75 Å². The summed E-state index contributed by atoms with van der Waals surface area (Å²) in [6.07, 6.45) is 0.799. The number of carbonyl (C=O) groups excluding carboxylic acids is 3. The van der Waals surface area contributed by atoms with Crippen molar-refractivity contribution in [1.29, 1.82) is 0 Å². The molecule has 29 heavy (non-hydrogen) atoms. The van der Waals surface area contributed by atoms with Crippen molar-refractivity contribution in [1.82, 2.24) is 15.6 Å². The molecule has 0 spiro atoms. The van der Waals surface area contributed by atoms with Gasteiger partial charge in [-0.15, -0.1) is 11.3 Å². The van der Waals surface area contributed by atoms with E-state index in [2.05, 4.69) is 15.6 Å². The highest BCUT2D eigenvalue weighted by Gasteiger charge is 2.18. The summed E-state index contributed by atoms with van der Waals surface area (Å²) in [6, 6.07) is 5.90. The molecule has 1 heterocycles. The normalized spacial score (nSPS) is 11.4. The Balaban J connectivity index is 1.87. The van der Waals surface area contributed by atoms with E-state index in [1.807, 2.05) is 19.2 Å². The second-order valence-corrected chi connectivity index (χ2v) is 7.36. The Morgan fingerprint density at radius 2 is 2.00 bits per heavy atom. The lowest BCUT2D eigenvalue weighted by atomic mass is 10.2. The first-order valence-electron chi connectivity index (χ1n) is 9.27. The van der Waals surface area contributed by atoms with Crippen LogP contribution in [0.15, 0.2) is 29.6 Å². The molecule has 0 aliphatic rings. The van der Waals surface area contributed by atoms with Crippen LogP contribution in [0.3, 0.4) is 0 Å². The molecule has 0 saturated carbocycles. The van der Waals surface area contributed by atoms with Crippen molar-refractivity contribution in [3.63, 3.8) is 0 Å². The number of nitrogens with zero attached hydrogens (tertiary/aromatic N) is 1. The fourth-order valence-corrected chi connectivity index (χ4v) is 2.94. The average Bonchev–Trinajstić information content (AvgIpc) is 3.13. The van der Waals surface area contributed by atoms with Gasteiger partial charge < -0.3 is 20.1 Å². The molecule has 0 fully saturated rings. The zero-order valence-corrected chi connectivity index (χ0v) is 17.5. The van der Waals surface area contributed by atoms with E-state index in [4.69, 9.17) is 9.47 Å². The topological polar surface area (TPSA) is 107 Å². The Morgan fingerprint density at radius 1 is 1.24 bits per heavy atom. The zero-order valence-electron chi connectivity index (χ0n) is 16.7. The molecular weight excluding hydrogens is 394 g/mol. The van der Waals surface area contributed by atoms with Gasteiger partial charge in [-0.25, -0.2) is 9.78 Å². The Kier molecular flexibility index (Phi) is 8.60. The zero-order chi connectivity index (χ0) is 21.2. The lowest BCUT2D eigenvalue weighted by Gasteiger charge is -2.14. The molecule has 0 radical (unpaired) electrons. The molecule has 2 aromatic rings. The molecule has 1 atom stereocenters. The van der Waals surface area contributed by atoms with E-state index in [0.29, 0.717) is 12.3 Å². The number of benzene rings is 1. The predicted octanol–water partition coefficient (Wildman–Crippen LogP) is 2.22. The molecule has 0 aliphatic heterocycles. The molecule has 0 aliphatic carbocycles.